The highest BCUT2D eigenvalue weighted by Crippen LogP contribution is 2.41. The summed E-state index contributed by atoms with van der Waals surface area (Å²) < 4.78 is 51.8. The predicted molar refractivity (Wildman–Crippen MR) is 154 cm³/mol. The number of halogens is 3. The van der Waals surface area contributed by atoms with Crippen LogP contribution in [-0.2, 0) is 0 Å². The van der Waals surface area contributed by atoms with Crippen LogP contribution < -0.4 is 9.64 Å². The number of nitrogens with zero attached hydrogens (tertiary/aromatic N) is 5. The number of anilines is 1. The first-order valence-corrected chi connectivity index (χ1v) is 14.1. The van der Waals surface area contributed by atoms with Gasteiger partial charge in [0.1, 0.15) is 41.0 Å². The van der Waals surface area contributed by atoms with Crippen molar-refractivity contribution in [3.8, 4) is 35.4 Å². The van der Waals surface area contributed by atoms with Crippen molar-refractivity contribution < 1.29 is 23.0 Å². The number of benzene rings is 2. The van der Waals surface area contributed by atoms with Crippen LogP contribution in [0.2, 0.25) is 0 Å². The molecule has 2 saturated heterocycles. The van der Waals surface area contributed by atoms with Crippen molar-refractivity contribution in [1.82, 2.24) is 19.9 Å². The molecule has 7 rings (SSSR count). The number of phenolic OH excluding ortho intramolecular Hbond substituents is 1. The number of hydrogen-bond acceptors (Lipinski definition) is 7. The first-order valence-electron chi connectivity index (χ1n) is 14.1. The van der Waals surface area contributed by atoms with Gasteiger partial charge in [-0.05, 0) is 74.9 Å². The van der Waals surface area contributed by atoms with E-state index in [1.165, 1.54) is 36.5 Å². The number of terminal acetylenes is 1. The molecule has 214 valence electrons. The van der Waals surface area contributed by atoms with Crippen molar-refractivity contribution in [3.05, 3.63) is 59.6 Å². The van der Waals surface area contributed by atoms with Gasteiger partial charge >= 0.3 is 6.01 Å². The van der Waals surface area contributed by atoms with Crippen molar-refractivity contribution >= 4 is 27.5 Å². The molecule has 0 saturated carbocycles. The number of aromatic hydroxyl groups is 1. The normalized spacial score (nSPS) is 18.3. The van der Waals surface area contributed by atoms with E-state index in [4.69, 9.17) is 11.2 Å². The molecule has 0 amide bonds. The minimum Gasteiger partial charge on any atom is -0.508 e. The zero-order chi connectivity index (χ0) is 29.0. The minimum atomic E-state index is -0.810. The summed E-state index contributed by atoms with van der Waals surface area (Å²) in [7, 11) is 0. The third-order valence-corrected chi connectivity index (χ3v) is 8.78. The maximum absolute atomic E-state index is 16.6. The Bertz CT molecular complexity index is 1810. The van der Waals surface area contributed by atoms with Crippen LogP contribution in [0, 0.1) is 24.0 Å². The molecule has 0 aliphatic carbocycles. The summed E-state index contributed by atoms with van der Waals surface area (Å²) in [6.07, 6.45) is 13.3. The van der Waals surface area contributed by atoms with E-state index in [1.54, 1.807) is 4.90 Å². The molecule has 4 aromatic rings. The molecule has 7 nitrogen and oxygen atoms in total. The van der Waals surface area contributed by atoms with Crippen molar-refractivity contribution in [2.45, 2.75) is 37.6 Å². The topological polar surface area (TPSA) is 74.6 Å². The second-order valence-corrected chi connectivity index (χ2v) is 11.2. The molecule has 0 spiro atoms. The predicted octanol–water partition coefficient (Wildman–Crippen LogP) is 5.88. The molecule has 1 N–H and O–H groups in total. The minimum absolute atomic E-state index is 0.00670. The number of phenols is 1. The largest absolute Gasteiger partial charge is 0.508 e. The van der Waals surface area contributed by atoms with Gasteiger partial charge < -0.3 is 14.7 Å². The summed E-state index contributed by atoms with van der Waals surface area (Å²) in [6.45, 7) is 2.87. The molecule has 2 fully saturated rings. The molecule has 0 unspecified atom stereocenters. The van der Waals surface area contributed by atoms with Crippen LogP contribution in [-0.4, -0.2) is 63.3 Å². The third-order valence-electron chi connectivity index (χ3n) is 8.78. The maximum atomic E-state index is 16.6. The van der Waals surface area contributed by atoms with Gasteiger partial charge in [0, 0.05) is 23.7 Å². The summed E-state index contributed by atoms with van der Waals surface area (Å²) in [5, 5.41) is 11.4. The highest BCUT2D eigenvalue weighted by atomic mass is 19.1. The Hall–Kier alpha value is -4.36. The summed E-state index contributed by atoms with van der Waals surface area (Å²) in [6, 6.07) is 5.39. The highest BCUT2D eigenvalue weighted by Gasteiger charge is 2.45. The van der Waals surface area contributed by atoms with Gasteiger partial charge in [0.2, 0.25) is 0 Å². The molecule has 2 aromatic carbocycles. The quantitative estimate of drug-likeness (QED) is 0.300. The number of ether oxygens (including phenoxy) is 1. The number of hydrogen-bond donors (Lipinski definition) is 1. The lowest BCUT2D eigenvalue weighted by molar-refractivity contribution is 0.108. The molecular weight excluding hydrogens is 543 g/mol. The number of rotatable bonds is 5. The molecule has 3 aliphatic heterocycles. The lowest BCUT2D eigenvalue weighted by atomic mass is 9.95. The smallest absolute Gasteiger partial charge is 0.319 e. The van der Waals surface area contributed by atoms with E-state index >= 15 is 4.39 Å². The van der Waals surface area contributed by atoms with Crippen molar-refractivity contribution in [2.75, 3.05) is 37.7 Å². The number of aromatic nitrogens is 3. The van der Waals surface area contributed by atoms with Crippen LogP contribution in [0.25, 0.3) is 32.9 Å². The molecule has 0 bridgehead atoms. The van der Waals surface area contributed by atoms with Gasteiger partial charge in [-0.1, -0.05) is 12.0 Å². The lowest BCUT2D eigenvalue weighted by Gasteiger charge is -2.31. The Kier molecular flexibility index (Phi) is 6.43. The molecule has 0 atom stereocenters. The summed E-state index contributed by atoms with van der Waals surface area (Å²) in [5.41, 5.74) is -0.266. The summed E-state index contributed by atoms with van der Waals surface area (Å²) in [4.78, 5) is 17.7. The van der Waals surface area contributed by atoms with Gasteiger partial charge in [-0.3, -0.25) is 9.88 Å². The molecule has 3 aliphatic rings. The second-order valence-electron chi connectivity index (χ2n) is 11.2. The molecule has 10 heteroatoms. The standard InChI is InChI=1S/C32H28F3N5O2/c1-2-22-25(34)8-7-19-14-21(41)15-23(26(19)22)28-27(35)29-24(16-36-28)30(39-11-3-6-20(33)17-39)38-31(37-29)42-18-32-9-4-12-40(32)13-5-10-32/h1,6-8,14-16,41H,3-5,9-13,17-18H2. The first-order chi connectivity index (χ1) is 20.4. The van der Waals surface area contributed by atoms with Crippen LogP contribution in [0.15, 0.2) is 42.4 Å². The van der Waals surface area contributed by atoms with E-state index in [1.807, 2.05) is 0 Å². The van der Waals surface area contributed by atoms with Crippen LogP contribution in [0.5, 0.6) is 11.8 Å². The zero-order valence-electron chi connectivity index (χ0n) is 22.8. The van der Waals surface area contributed by atoms with Gasteiger partial charge in [0.05, 0.1) is 23.0 Å². The summed E-state index contributed by atoms with van der Waals surface area (Å²) in [5.74, 6) is 0.746. The van der Waals surface area contributed by atoms with Gasteiger partial charge in [-0.15, -0.1) is 6.42 Å². The van der Waals surface area contributed by atoms with E-state index in [2.05, 4.69) is 25.8 Å². The SMILES string of the molecule is C#Cc1c(F)ccc2cc(O)cc(-c3ncc4c(N5CCC=C(F)C5)nc(OCC56CCCN5CCC6)nc4c3F)c12. The van der Waals surface area contributed by atoms with Gasteiger partial charge in [0.15, 0.2) is 5.82 Å². The van der Waals surface area contributed by atoms with E-state index in [0.29, 0.717) is 30.8 Å². The average molecular weight is 572 g/mol. The highest BCUT2D eigenvalue weighted by molar-refractivity contribution is 6.03. The van der Waals surface area contributed by atoms with Crippen molar-refractivity contribution in [3.63, 3.8) is 0 Å². The van der Waals surface area contributed by atoms with Gasteiger partial charge in [0.25, 0.3) is 0 Å². The fourth-order valence-electron chi connectivity index (χ4n) is 6.81. The molecule has 2 aromatic heterocycles. The van der Waals surface area contributed by atoms with Crippen molar-refractivity contribution in [2.24, 2.45) is 0 Å². The van der Waals surface area contributed by atoms with Crippen LogP contribution >= 0.6 is 0 Å². The zero-order valence-corrected chi connectivity index (χ0v) is 22.8. The van der Waals surface area contributed by atoms with Gasteiger partial charge in [-0.2, -0.15) is 9.97 Å². The third kappa shape index (κ3) is 4.31. The fourth-order valence-corrected chi connectivity index (χ4v) is 6.81. The number of pyridine rings is 1. The van der Waals surface area contributed by atoms with E-state index in [0.717, 1.165) is 38.8 Å². The van der Waals surface area contributed by atoms with Crippen LogP contribution in [0.3, 0.4) is 0 Å². The fraction of sp³-hybridized carbons (Fsp3) is 0.344. The Balaban J connectivity index is 1.39. The Labute approximate surface area is 240 Å². The monoisotopic (exact) mass is 571 g/mol. The average Bonchev–Trinajstić information content (AvgIpc) is 3.57. The van der Waals surface area contributed by atoms with Crippen LogP contribution in [0.1, 0.15) is 37.7 Å². The van der Waals surface area contributed by atoms with E-state index in [-0.39, 0.29) is 62.8 Å². The van der Waals surface area contributed by atoms with Gasteiger partial charge in [-0.25, -0.2) is 13.2 Å². The molecule has 42 heavy (non-hydrogen) atoms. The Morgan fingerprint density at radius 2 is 1.88 bits per heavy atom. The molecule has 0 radical (unpaired) electrons. The Morgan fingerprint density at radius 3 is 2.64 bits per heavy atom. The van der Waals surface area contributed by atoms with Crippen molar-refractivity contribution in [1.29, 1.82) is 0 Å². The van der Waals surface area contributed by atoms with Crippen LogP contribution in [0.4, 0.5) is 19.0 Å². The van der Waals surface area contributed by atoms with E-state index < -0.39 is 11.6 Å². The maximum Gasteiger partial charge on any atom is 0.319 e. The van der Waals surface area contributed by atoms with E-state index in [9.17, 15) is 13.9 Å². The first kappa shape index (κ1) is 26.5. The lowest BCUT2D eigenvalue weighted by Crippen LogP contribution is -2.43. The number of fused-ring (bicyclic) bond motifs is 3. The molecular formula is C32H28F3N5O2. The summed E-state index contributed by atoms with van der Waals surface area (Å²) >= 11 is 0. The molecule has 5 heterocycles. The Morgan fingerprint density at radius 1 is 1.07 bits per heavy atom. The second kappa shape index (κ2) is 10.2.